The molecule has 2 aromatic rings. The lowest BCUT2D eigenvalue weighted by molar-refractivity contribution is 0.0736. The van der Waals surface area contributed by atoms with E-state index < -0.39 is 0 Å². The predicted octanol–water partition coefficient (Wildman–Crippen LogP) is 1.83. The molecule has 1 amide bonds. The molecule has 1 saturated heterocycles. The lowest BCUT2D eigenvalue weighted by Crippen LogP contribution is -2.46. The van der Waals surface area contributed by atoms with Crippen molar-refractivity contribution in [2.24, 2.45) is 0 Å². The number of piperazine rings is 1. The first-order valence-electron chi connectivity index (χ1n) is 6.76. The molecule has 100 valence electrons. The molecule has 2 N–H and O–H groups in total. The molecule has 19 heavy (non-hydrogen) atoms. The van der Waals surface area contributed by atoms with Gasteiger partial charge < -0.3 is 15.2 Å². The van der Waals surface area contributed by atoms with Crippen LogP contribution in [0.2, 0.25) is 0 Å². The Kier molecular flexibility index (Phi) is 3.03. The van der Waals surface area contributed by atoms with Gasteiger partial charge in [0, 0.05) is 48.3 Å². The van der Waals surface area contributed by atoms with Gasteiger partial charge in [-0.15, -0.1) is 0 Å². The van der Waals surface area contributed by atoms with E-state index in [2.05, 4.69) is 24.1 Å². The maximum absolute atomic E-state index is 12.4. The summed E-state index contributed by atoms with van der Waals surface area (Å²) in [4.78, 5) is 17.7. The fourth-order valence-corrected chi connectivity index (χ4v) is 2.64. The standard InChI is InChI=1S/C15H19N3O/c1-10-11(2)17-14-4-3-12(9-13(10)14)15(19)18-7-5-16-6-8-18/h3-4,9,16-17H,5-8H2,1-2H3. The highest BCUT2D eigenvalue weighted by Crippen LogP contribution is 2.23. The first kappa shape index (κ1) is 12.2. The number of fused-ring (bicyclic) bond motifs is 1. The number of aromatic nitrogens is 1. The molecule has 0 bridgehead atoms. The van der Waals surface area contributed by atoms with E-state index in [0.717, 1.165) is 42.6 Å². The Balaban J connectivity index is 1.96. The third-order valence-electron chi connectivity index (χ3n) is 3.96. The minimum Gasteiger partial charge on any atom is -0.358 e. The quantitative estimate of drug-likeness (QED) is 0.819. The second kappa shape index (κ2) is 4.70. The number of nitrogens with one attached hydrogen (secondary N) is 2. The summed E-state index contributed by atoms with van der Waals surface area (Å²) in [6.07, 6.45) is 0. The Morgan fingerprint density at radius 1 is 1.21 bits per heavy atom. The highest BCUT2D eigenvalue weighted by Gasteiger charge is 2.18. The van der Waals surface area contributed by atoms with Crippen LogP contribution in [0.3, 0.4) is 0 Å². The molecular formula is C15H19N3O. The summed E-state index contributed by atoms with van der Waals surface area (Å²) in [6.45, 7) is 7.51. The molecule has 2 heterocycles. The number of amides is 1. The molecule has 1 aromatic carbocycles. The Labute approximate surface area is 112 Å². The minimum atomic E-state index is 0.140. The van der Waals surface area contributed by atoms with Gasteiger partial charge in [-0.3, -0.25) is 4.79 Å². The second-order valence-corrected chi connectivity index (χ2v) is 5.18. The lowest BCUT2D eigenvalue weighted by atomic mass is 10.1. The molecule has 0 unspecified atom stereocenters. The SMILES string of the molecule is Cc1[nH]c2ccc(C(=O)N3CCNCC3)cc2c1C. The van der Waals surface area contributed by atoms with Crippen molar-refractivity contribution in [3.8, 4) is 0 Å². The molecule has 4 nitrogen and oxygen atoms in total. The van der Waals surface area contributed by atoms with Crippen molar-refractivity contribution in [1.29, 1.82) is 0 Å². The van der Waals surface area contributed by atoms with Gasteiger partial charge in [-0.25, -0.2) is 0 Å². The summed E-state index contributed by atoms with van der Waals surface area (Å²) >= 11 is 0. The topological polar surface area (TPSA) is 48.1 Å². The first-order valence-corrected chi connectivity index (χ1v) is 6.76. The monoisotopic (exact) mass is 257 g/mol. The molecule has 4 heteroatoms. The van der Waals surface area contributed by atoms with E-state index in [1.165, 1.54) is 11.3 Å². The van der Waals surface area contributed by atoms with Crippen LogP contribution >= 0.6 is 0 Å². The fraction of sp³-hybridized carbons (Fsp3) is 0.400. The summed E-state index contributed by atoms with van der Waals surface area (Å²) in [7, 11) is 0. The molecule has 3 rings (SSSR count). The van der Waals surface area contributed by atoms with Crippen LogP contribution in [0, 0.1) is 13.8 Å². The van der Waals surface area contributed by atoms with Crippen LogP contribution in [0.25, 0.3) is 10.9 Å². The second-order valence-electron chi connectivity index (χ2n) is 5.18. The van der Waals surface area contributed by atoms with Gasteiger partial charge in [0.05, 0.1) is 0 Å². The number of aryl methyl sites for hydroxylation is 2. The number of carbonyl (C=O) groups excluding carboxylic acids is 1. The Morgan fingerprint density at radius 2 is 1.95 bits per heavy atom. The fourth-order valence-electron chi connectivity index (χ4n) is 2.64. The van der Waals surface area contributed by atoms with Crippen molar-refractivity contribution in [1.82, 2.24) is 15.2 Å². The largest absolute Gasteiger partial charge is 0.358 e. The Morgan fingerprint density at radius 3 is 2.68 bits per heavy atom. The third-order valence-corrected chi connectivity index (χ3v) is 3.96. The molecule has 1 aliphatic rings. The molecule has 0 aliphatic carbocycles. The minimum absolute atomic E-state index is 0.140. The van der Waals surface area contributed by atoms with Crippen molar-refractivity contribution in [3.63, 3.8) is 0 Å². The van der Waals surface area contributed by atoms with Crippen LogP contribution in [0.4, 0.5) is 0 Å². The number of hydrogen-bond donors (Lipinski definition) is 2. The lowest BCUT2D eigenvalue weighted by Gasteiger charge is -2.27. The van der Waals surface area contributed by atoms with E-state index in [9.17, 15) is 4.79 Å². The molecule has 0 atom stereocenters. The van der Waals surface area contributed by atoms with E-state index in [4.69, 9.17) is 0 Å². The van der Waals surface area contributed by atoms with Gasteiger partial charge in [0.15, 0.2) is 0 Å². The van der Waals surface area contributed by atoms with Crippen molar-refractivity contribution in [2.75, 3.05) is 26.2 Å². The average Bonchev–Trinajstić information content (AvgIpc) is 2.74. The number of rotatable bonds is 1. The highest BCUT2D eigenvalue weighted by molar-refractivity contribution is 5.99. The number of carbonyl (C=O) groups is 1. The van der Waals surface area contributed by atoms with E-state index in [1.807, 2.05) is 23.1 Å². The number of aromatic amines is 1. The van der Waals surface area contributed by atoms with Gasteiger partial charge in [-0.1, -0.05) is 0 Å². The van der Waals surface area contributed by atoms with Crippen LogP contribution in [-0.2, 0) is 0 Å². The smallest absolute Gasteiger partial charge is 0.253 e. The summed E-state index contributed by atoms with van der Waals surface area (Å²) < 4.78 is 0. The maximum atomic E-state index is 12.4. The highest BCUT2D eigenvalue weighted by atomic mass is 16.2. The van der Waals surface area contributed by atoms with E-state index >= 15 is 0 Å². The van der Waals surface area contributed by atoms with Crippen molar-refractivity contribution in [3.05, 3.63) is 35.0 Å². The van der Waals surface area contributed by atoms with Crippen LogP contribution in [0.15, 0.2) is 18.2 Å². The zero-order valence-corrected chi connectivity index (χ0v) is 11.4. The van der Waals surface area contributed by atoms with Gasteiger partial charge in [0.25, 0.3) is 5.91 Å². The number of nitrogens with zero attached hydrogens (tertiary/aromatic N) is 1. The summed E-state index contributed by atoms with van der Waals surface area (Å²) in [5.41, 5.74) is 4.29. The average molecular weight is 257 g/mol. The first-order chi connectivity index (χ1) is 9.16. The Hall–Kier alpha value is -1.81. The molecule has 0 spiro atoms. The number of hydrogen-bond acceptors (Lipinski definition) is 2. The van der Waals surface area contributed by atoms with Gasteiger partial charge in [-0.2, -0.15) is 0 Å². The molecule has 0 saturated carbocycles. The van der Waals surface area contributed by atoms with Crippen LogP contribution < -0.4 is 5.32 Å². The van der Waals surface area contributed by atoms with Crippen molar-refractivity contribution >= 4 is 16.8 Å². The van der Waals surface area contributed by atoms with E-state index in [1.54, 1.807) is 0 Å². The normalized spacial score (nSPS) is 16.0. The molecule has 1 aliphatic heterocycles. The zero-order chi connectivity index (χ0) is 13.4. The maximum Gasteiger partial charge on any atom is 0.253 e. The molecule has 0 radical (unpaired) electrons. The predicted molar refractivity (Wildman–Crippen MR) is 76.5 cm³/mol. The van der Waals surface area contributed by atoms with Crippen molar-refractivity contribution < 1.29 is 4.79 Å². The Bertz CT molecular complexity index is 624. The van der Waals surface area contributed by atoms with Crippen LogP contribution in [0.5, 0.6) is 0 Å². The number of H-pyrrole nitrogens is 1. The van der Waals surface area contributed by atoms with E-state index in [-0.39, 0.29) is 5.91 Å². The van der Waals surface area contributed by atoms with Crippen molar-refractivity contribution in [2.45, 2.75) is 13.8 Å². The zero-order valence-electron chi connectivity index (χ0n) is 11.4. The van der Waals surface area contributed by atoms with Crippen LogP contribution in [0.1, 0.15) is 21.6 Å². The van der Waals surface area contributed by atoms with Gasteiger partial charge in [0.2, 0.25) is 0 Å². The van der Waals surface area contributed by atoms with Crippen LogP contribution in [-0.4, -0.2) is 42.0 Å². The van der Waals surface area contributed by atoms with Gasteiger partial charge in [-0.05, 0) is 37.6 Å². The van der Waals surface area contributed by atoms with Gasteiger partial charge >= 0.3 is 0 Å². The molecular weight excluding hydrogens is 238 g/mol. The van der Waals surface area contributed by atoms with Gasteiger partial charge in [0.1, 0.15) is 0 Å². The summed E-state index contributed by atoms with van der Waals surface area (Å²) in [5.74, 6) is 0.140. The summed E-state index contributed by atoms with van der Waals surface area (Å²) in [6, 6.07) is 5.94. The number of benzene rings is 1. The third kappa shape index (κ3) is 2.12. The summed E-state index contributed by atoms with van der Waals surface area (Å²) in [5, 5.41) is 4.42. The molecule has 1 fully saturated rings. The molecule has 1 aromatic heterocycles. The van der Waals surface area contributed by atoms with E-state index in [0.29, 0.717) is 0 Å².